The number of carboxylic acids is 1. The number of carbonyl (C=O) groups is 1. The van der Waals surface area contributed by atoms with Crippen LogP contribution in [0.25, 0.3) is 5.69 Å². The van der Waals surface area contributed by atoms with E-state index in [-0.39, 0.29) is 5.75 Å². The first kappa shape index (κ1) is 16.4. The number of hydrogen-bond donors (Lipinski definition) is 1. The molecule has 0 aliphatic heterocycles. The average molecular weight is 367 g/mol. The van der Waals surface area contributed by atoms with Gasteiger partial charge in [0, 0.05) is 11.4 Å². The maximum Gasteiger partial charge on any atom is 0.313 e. The first-order valence-electron chi connectivity index (χ1n) is 5.87. The number of rotatable bonds is 5. The van der Waals surface area contributed by atoms with E-state index >= 15 is 0 Å². The molecule has 0 aliphatic carbocycles. The van der Waals surface area contributed by atoms with Crippen molar-refractivity contribution >= 4 is 52.5 Å². The topological polar surface area (TPSA) is 68.0 Å². The van der Waals surface area contributed by atoms with Crippen LogP contribution in [0.4, 0.5) is 0 Å². The summed E-state index contributed by atoms with van der Waals surface area (Å²) in [6, 6.07) is 3.13. The summed E-state index contributed by atoms with van der Waals surface area (Å²) >= 11 is 19.4. The quantitative estimate of drug-likeness (QED) is 0.811. The van der Waals surface area contributed by atoms with E-state index < -0.39 is 5.97 Å². The lowest BCUT2D eigenvalue weighted by Crippen LogP contribution is -2.05. The highest BCUT2D eigenvalue weighted by molar-refractivity contribution is 7.99. The number of halogens is 3. The molecule has 1 N–H and O–H groups in total. The highest BCUT2D eigenvalue weighted by Crippen LogP contribution is 2.35. The van der Waals surface area contributed by atoms with Crippen LogP contribution >= 0.6 is 46.6 Å². The molecule has 0 fully saturated rings. The Morgan fingerprint density at radius 1 is 1.29 bits per heavy atom. The first-order valence-corrected chi connectivity index (χ1v) is 7.99. The van der Waals surface area contributed by atoms with E-state index in [1.807, 2.05) is 6.92 Å². The molecule has 0 spiro atoms. The molecule has 2 aromatic rings. The third-order valence-corrected chi connectivity index (χ3v) is 4.25. The number of hydrogen-bond acceptors (Lipinski definition) is 4. The zero-order valence-corrected chi connectivity index (χ0v) is 13.9. The van der Waals surface area contributed by atoms with Crippen molar-refractivity contribution in [2.24, 2.45) is 0 Å². The van der Waals surface area contributed by atoms with E-state index in [9.17, 15) is 4.79 Å². The number of thioether (sulfide) groups is 1. The Labute approximate surface area is 140 Å². The normalized spacial score (nSPS) is 10.9. The van der Waals surface area contributed by atoms with Gasteiger partial charge < -0.3 is 5.11 Å². The fourth-order valence-corrected chi connectivity index (χ4v) is 3.38. The number of aliphatic carboxylic acids is 1. The molecule has 1 heterocycles. The van der Waals surface area contributed by atoms with E-state index in [1.165, 1.54) is 0 Å². The van der Waals surface area contributed by atoms with E-state index in [1.54, 1.807) is 16.7 Å². The largest absolute Gasteiger partial charge is 0.481 e. The Hall–Kier alpha value is -0.950. The van der Waals surface area contributed by atoms with Crippen LogP contribution in [0.15, 0.2) is 17.3 Å². The van der Waals surface area contributed by atoms with Crippen LogP contribution < -0.4 is 0 Å². The van der Waals surface area contributed by atoms with Crippen LogP contribution in [0.1, 0.15) is 12.7 Å². The summed E-state index contributed by atoms with van der Waals surface area (Å²) in [5, 5.41) is 18.4. The van der Waals surface area contributed by atoms with Gasteiger partial charge in [-0.2, -0.15) is 0 Å². The van der Waals surface area contributed by atoms with Crippen LogP contribution in [0.2, 0.25) is 15.1 Å². The van der Waals surface area contributed by atoms with Gasteiger partial charge in [0.05, 0.1) is 21.5 Å². The first-order chi connectivity index (χ1) is 9.93. The fraction of sp³-hybridized carbons (Fsp3) is 0.250. The zero-order valence-electron chi connectivity index (χ0n) is 10.8. The SMILES string of the molecule is CCc1nnc(SCC(=O)O)n1-c1c(Cl)cc(Cl)cc1Cl. The summed E-state index contributed by atoms with van der Waals surface area (Å²) in [7, 11) is 0. The van der Waals surface area contributed by atoms with E-state index in [0.717, 1.165) is 11.8 Å². The molecule has 21 heavy (non-hydrogen) atoms. The molecule has 0 amide bonds. The van der Waals surface area contributed by atoms with Gasteiger partial charge in [0.2, 0.25) is 0 Å². The monoisotopic (exact) mass is 365 g/mol. The summed E-state index contributed by atoms with van der Waals surface area (Å²) in [6.07, 6.45) is 0.593. The van der Waals surface area contributed by atoms with Gasteiger partial charge in [-0.1, -0.05) is 53.5 Å². The molecule has 1 aromatic heterocycles. The molecule has 5 nitrogen and oxygen atoms in total. The van der Waals surface area contributed by atoms with Gasteiger partial charge in [0.1, 0.15) is 5.82 Å². The molecule has 112 valence electrons. The zero-order chi connectivity index (χ0) is 15.6. The summed E-state index contributed by atoms with van der Waals surface area (Å²) in [6.45, 7) is 1.91. The van der Waals surface area contributed by atoms with Crippen molar-refractivity contribution in [3.63, 3.8) is 0 Å². The Bertz CT molecular complexity index is 667. The van der Waals surface area contributed by atoms with E-state index in [2.05, 4.69) is 10.2 Å². The van der Waals surface area contributed by atoms with E-state index in [4.69, 9.17) is 39.9 Å². The fourth-order valence-electron chi connectivity index (χ4n) is 1.72. The predicted molar refractivity (Wildman–Crippen MR) is 84.1 cm³/mol. The number of aromatic nitrogens is 3. The molecule has 1 aromatic carbocycles. The number of benzene rings is 1. The lowest BCUT2D eigenvalue weighted by Gasteiger charge is -2.13. The molecule has 0 aliphatic rings. The minimum atomic E-state index is -0.944. The lowest BCUT2D eigenvalue weighted by molar-refractivity contribution is -0.133. The van der Waals surface area contributed by atoms with Crippen molar-refractivity contribution in [1.29, 1.82) is 0 Å². The second kappa shape index (κ2) is 6.87. The van der Waals surface area contributed by atoms with Crippen LogP contribution in [0.3, 0.4) is 0 Å². The molecule has 9 heteroatoms. The Balaban J connectivity index is 2.56. The molecule has 0 unspecified atom stereocenters. The van der Waals surface area contributed by atoms with Crippen LogP contribution in [0.5, 0.6) is 0 Å². The third kappa shape index (κ3) is 3.63. The second-order valence-corrected chi connectivity index (χ2v) is 6.18. The van der Waals surface area contributed by atoms with Gasteiger partial charge in [-0.3, -0.25) is 9.36 Å². The van der Waals surface area contributed by atoms with Gasteiger partial charge >= 0.3 is 5.97 Å². The summed E-state index contributed by atoms with van der Waals surface area (Å²) in [4.78, 5) is 10.7. The van der Waals surface area contributed by atoms with Crippen molar-refractivity contribution in [1.82, 2.24) is 14.8 Å². The summed E-state index contributed by atoms with van der Waals surface area (Å²) < 4.78 is 1.66. The minimum Gasteiger partial charge on any atom is -0.481 e. The number of nitrogens with zero attached hydrogens (tertiary/aromatic N) is 3. The highest BCUT2D eigenvalue weighted by Gasteiger charge is 2.19. The van der Waals surface area contributed by atoms with Crippen molar-refractivity contribution in [2.75, 3.05) is 5.75 Å². The maximum absolute atomic E-state index is 10.7. The van der Waals surface area contributed by atoms with E-state index in [0.29, 0.717) is 38.2 Å². The van der Waals surface area contributed by atoms with Crippen molar-refractivity contribution in [2.45, 2.75) is 18.5 Å². The Morgan fingerprint density at radius 3 is 2.43 bits per heavy atom. The van der Waals surface area contributed by atoms with Gasteiger partial charge in [0.25, 0.3) is 0 Å². The van der Waals surface area contributed by atoms with Crippen LogP contribution in [0, 0.1) is 0 Å². The molecule has 0 radical (unpaired) electrons. The van der Waals surface area contributed by atoms with Gasteiger partial charge in [-0.25, -0.2) is 0 Å². The third-order valence-electron chi connectivity index (χ3n) is 2.55. The molecule has 0 atom stereocenters. The predicted octanol–water partition coefficient (Wildman–Crippen LogP) is 3.97. The van der Waals surface area contributed by atoms with Crippen LogP contribution in [-0.4, -0.2) is 31.6 Å². The molecule has 2 rings (SSSR count). The summed E-state index contributed by atoms with van der Waals surface area (Å²) in [5.41, 5.74) is 0.498. The Morgan fingerprint density at radius 2 is 1.90 bits per heavy atom. The molecule has 0 saturated heterocycles. The van der Waals surface area contributed by atoms with Gasteiger partial charge in [0.15, 0.2) is 5.16 Å². The average Bonchev–Trinajstić information content (AvgIpc) is 2.78. The second-order valence-electron chi connectivity index (χ2n) is 3.99. The van der Waals surface area contributed by atoms with Gasteiger partial charge in [-0.05, 0) is 12.1 Å². The summed E-state index contributed by atoms with van der Waals surface area (Å²) in [5.74, 6) is -0.445. The molecular weight excluding hydrogens is 357 g/mol. The standard InChI is InChI=1S/C12H10Cl3N3O2S/c1-2-9-16-17-12(21-5-10(19)20)18(9)11-7(14)3-6(13)4-8(11)15/h3-4H,2,5H2,1H3,(H,19,20). The van der Waals surface area contributed by atoms with Crippen LogP contribution in [-0.2, 0) is 11.2 Å². The molecule has 0 bridgehead atoms. The lowest BCUT2D eigenvalue weighted by atomic mass is 10.3. The van der Waals surface area contributed by atoms with Crippen molar-refractivity contribution in [3.05, 3.63) is 33.0 Å². The van der Waals surface area contributed by atoms with Gasteiger partial charge in [-0.15, -0.1) is 10.2 Å². The molecule has 0 saturated carbocycles. The van der Waals surface area contributed by atoms with Crippen molar-refractivity contribution in [3.8, 4) is 5.69 Å². The maximum atomic E-state index is 10.7. The number of carboxylic acid groups (broad SMARTS) is 1. The number of aryl methyl sites for hydroxylation is 1. The Kier molecular flexibility index (Phi) is 5.37. The minimum absolute atomic E-state index is 0.134. The van der Waals surface area contributed by atoms with Crippen molar-refractivity contribution < 1.29 is 9.90 Å². The smallest absolute Gasteiger partial charge is 0.313 e. The highest BCUT2D eigenvalue weighted by atomic mass is 35.5. The molecular formula is C12H10Cl3N3O2S.